The van der Waals surface area contributed by atoms with E-state index in [9.17, 15) is 0 Å². The number of hydrogen-bond acceptors (Lipinski definition) is 0. The molecule has 1 atom stereocenters. The Balaban J connectivity index is 3.01. The topological polar surface area (TPSA) is 0 Å². The van der Waals surface area contributed by atoms with Gasteiger partial charge < -0.3 is 0 Å². The molecule has 31 heavy (non-hydrogen) atoms. The van der Waals surface area contributed by atoms with Gasteiger partial charge in [-0.2, -0.15) is 0 Å². The Morgan fingerprint density at radius 2 is 0.548 bits per heavy atom. The third-order valence-corrected chi connectivity index (χ3v) is 7.50. The zero-order chi connectivity index (χ0) is 22.7. The summed E-state index contributed by atoms with van der Waals surface area (Å²) in [4.78, 5) is 0. The monoisotopic (exact) mass is 437 g/mol. The quantitative estimate of drug-likeness (QED) is 0.112. The third-order valence-electron chi connectivity index (χ3n) is 7.50. The Labute approximate surface area is 200 Å². The molecule has 0 amide bonds. The fourth-order valence-electron chi connectivity index (χ4n) is 4.84. The average molecular weight is 437 g/mol. The maximum Gasteiger partial charge on any atom is -0.0445 e. The van der Waals surface area contributed by atoms with Crippen LogP contribution in [0.3, 0.4) is 0 Å². The van der Waals surface area contributed by atoms with Gasteiger partial charge in [-0.1, -0.05) is 194 Å². The lowest BCUT2D eigenvalue weighted by atomic mass is 9.99. The van der Waals surface area contributed by atoms with Crippen molar-refractivity contribution in [1.82, 2.24) is 0 Å². The Morgan fingerprint density at radius 1 is 0.323 bits per heavy atom. The van der Waals surface area contributed by atoms with Crippen LogP contribution in [-0.4, -0.2) is 0 Å². The molecule has 0 nitrogen and oxygen atoms in total. The van der Waals surface area contributed by atoms with E-state index in [1.807, 2.05) is 0 Å². The van der Waals surface area contributed by atoms with E-state index >= 15 is 0 Å². The molecule has 0 N–H and O–H groups in total. The van der Waals surface area contributed by atoms with E-state index in [1.54, 1.807) is 0 Å². The Hall–Kier alpha value is 0. The molecule has 0 spiro atoms. The van der Waals surface area contributed by atoms with Crippen LogP contribution in [0.25, 0.3) is 0 Å². The molecule has 0 heterocycles. The SMILES string of the molecule is CCCCCCCCCCCCCCCCCCCCCCCCCCC[C@H](C)CC. The summed E-state index contributed by atoms with van der Waals surface area (Å²) in [6.07, 6.45) is 39.9. The van der Waals surface area contributed by atoms with Crippen molar-refractivity contribution in [3.63, 3.8) is 0 Å². The highest BCUT2D eigenvalue weighted by Crippen LogP contribution is 2.17. The zero-order valence-corrected chi connectivity index (χ0v) is 22.7. The van der Waals surface area contributed by atoms with Gasteiger partial charge in [-0.25, -0.2) is 0 Å². The molecular formula is C31H64. The highest BCUT2D eigenvalue weighted by molar-refractivity contribution is 4.53. The van der Waals surface area contributed by atoms with Gasteiger partial charge in [0.05, 0.1) is 0 Å². The first-order valence-corrected chi connectivity index (χ1v) is 15.3. The van der Waals surface area contributed by atoms with Gasteiger partial charge in [0.25, 0.3) is 0 Å². The molecule has 188 valence electrons. The van der Waals surface area contributed by atoms with Crippen LogP contribution in [0.15, 0.2) is 0 Å². The highest BCUT2D eigenvalue weighted by Gasteiger charge is 1.99. The minimum absolute atomic E-state index is 0.949. The van der Waals surface area contributed by atoms with E-state index in [-0.39, 0.29) is 0 Å². The maximum atomic E-state index is 2.40. The van der Waals surface area contributed by atoms with Crippen LogP contribution in [0.1, 0.15) is 194 Å². The molecule has 0 fully saturated rings. The smallest absolute Gasteiger partial charge is 0.0445 e. The molecule has 0 heteroatoms. The van der Waals surface area contributed by atoms with E-state index in [1.165, 1.54) is 173 Å². The van der Waals surface area contributed by atoms with Crippen molar-refractivity contribution in [3.05, 3.63) is 0 Å². The number of hydrogen-bond donors (Lipinski definition) is 0. The summed E-state index contributed by atoms with van der Waals surface area (Å²) in [6, 6.07) is 0. The highest BCUT2D eigenvalue weighted by atomic mass is 14.0. The van der Waals surface area contributed by atoms with Crippen LogP contribution in [0.2, 0.25) is 0 Å². The summed E-state index contributed by atoms with van der Waals surface area (Å²) in [7, 11) is 0. The Bertz CT molecular complexity index is 294. The fourth-order valence-corrected chi connectivity index (χ4v) is 4.84. The minimum Gasteiger partial charge on any atom is -0.0654 e. The van der Waals surface area contributed by atoms with Crippen LogP contribution < -0.4 is 0 Å². The second-order valence-corrected chi connectivity index (χ2v) is 10.8. The molecule has 0 rings (SSSR count). The molecule has 0 aliphatic heterocycles. The third kappa shape index (κ3) is 28.0. The molecule has 0 aliphatic carbocycles. The van der Waals surface area contributed by atoms with Gasteiger partial charge in [-0.15, -0.1) is 0 Å². The van der Waals surface area contributed by atoms with E-state index < -0.39 is 0 Å². The first-order valence-electron chi connectivity index (χ1n) is 15.3. The van der Waals surface area contributed by atoms with Crippen LogP contribution in [0.4, 0.5) is 0 Å². The Morgan fingerprint density at radius 3 is 0.774 bits per heavy atom. The maximum absolute atomic E-state index is 2.40. The molecular weight excluding hydrogens is 372 g/mol. The molecule has 0 unspecified atom stereocenters. The number of unbranched alkanes of at least 4 members (excludes halogenated alkanes) is 24. The predicted molar refractivity (Wildman–Crippen MR) is 145 cm³/mol. The predicted octanol–water partition coefficient (Wildman–Crippen LogP) is 12.2. The summed E-state index contributed by atoms with van der Waals surface area (Å²) in [5.74, 6) is 0.949. The minimum atomic E-state index is 0.949. The Kier molecular flexibility index (Phi) is 28.0. The van der Waals surface area contributed by atoms with Crippen molar-refractivity contribution in [2.24, 2.45) is 5.92 Å². The summed E-state index contributed by atoms with van der Waals surface area (Å²) in [6.45, 7) is 7.03. The molecule has 0 saturated carbocycles. The molecule has 0 aromatic carbocycles. The lowest BCUT2D eigenvalue weighted by molar-refractivity contribution is 0.468. The van der Waals surface area contributed by atoms with Gasteiger partial charge in [-0.05, 0) is 5.92 Å². The lowest BCUT2D eigenvalue weighted by Crippen LogP contribution is -1.91. The van der Waals surface area contributed by atoms with E-state index in [0.29, 0.717) is 0 Å². The summed E-state index contributed by atoms with van der Waals surface area (Å²) in [5.41, 5.74) is 0. The van der Waals surface area contributed by atoms with Gasteiger partial charge in [0.15, 0.2) is 0 Å². The zero-order valence-electron chi connectivity index (χ0n) is 22.7. The van der Waals surface area contributed by atoms with Crippen molar-refractivity contribution in [3.8, 4) is 0 Å². The van der Waals surface area contributed by atoms with Crippen molar-refractivity contribution >= 4 is 0 Å². The van der Waals surface area contributed by atoms with E-state index in [0.717, 1.165) is 5.92 Å². The molecule has 0 aromatic heterocycles. The van der Waals surface area contributed by atoms with Crippen LogP contribution in [0.5, 0.6) is 0 Å². The number of rotatable bonds is 27. The molecule has 0 aliphatic rings. The second-order valence-electron chi connectivity index (χ2n) is 10.8. The lowest BCUT2D eigenvalue weighted by Gasteiger charge is -2.07. The first kappa shape index (κ1) is 31.0. The van der Waals surface area contributed by atoms with Crippen molar-refractivity contribution in [2.75, 3.05) is 0 Å². The summed E-state index contributed by atoms with van der Waals surface area (Å²) >= 11 is 0. The van der Waals surface area contributed by atoms with Gasteiger partial charge >= 0.3 is 0 Å². The fraction of sp³-hybridized carbons (Fsp3) is 1.00. The van der Waals surface area contributed by atoms with Gasteiger partial charge in [0, 0.05) is 0 Å². The van der Waals surface area contributed by atoms with Crippen LogP contribution in [0, 0.1) is 5.92 Å². The van der Waals surface area contributed by atoms with E-state index in [2.05, 4.69) is 20.8 Å². The summed E-state index contributed by atoms with van der Waals surface area (Å²) in [5, 5.41) is 0. The molecule has 0 bridgehead atoms. The molecule has 0 radical (unpaired) electrons. The first-order chi connectivity index (χ1) is 15.3. The molecule has 0 saturated heterocycles. The van der Waals surface area contributed by atoms with Gasteiger partial charge in [0.1, 0.15) is 0 Å². The van der Waals surface area contributed by atoms with Crippen molar-refractivity contribution in [1.29, 1.82) is 0 Å². The van der Waals surface area contributed by atoms with E-state index in [4.69, 9.17) is 0 Å². The summed E-state index contributed by atoms with van der Waals surface area (Å²) < 4.78 is 0. The normalized spacial score (nSPS) is 12.5. The van der Waals surface area contributed by atoms with Gasteiger partial charge in [-0.3, -0.25) is 0 Å². The average Bonchev–Trinajstić information content (AvgIpc) is 2.78. The second kappa shape index (κ2) is 28.0. The van der Waals surface area contributed by atoms with Crippen LogP contribution in [-0.2, 0) is 0 Å². The van der Waals surface area contributed by atoms with Crippen LogP contribution >= 0.6 is 0 Å². The van der Waals surface area contributed by atoms with Crippen molar-refractivity contribution in [2.45, 2.75) is 194 Å². The largest absolute Gasteiger partial charge is 0.0654 e. The van der Waals surface area contributed by atoms with Gasteiger partial charge in [0.2, 0.25) is 0 Å². The standard InChI is InChI=1S/C31H64/c1-4-6-7-8-9-10-11-12-13-14-15-16-17-18-19-20-21-22-23-24-25-26-27-28-29-30-31(3)5-2/h31H,4-30H2,1-3H3/t31-/m1/s1. The van der Waals surface area contributed by atoms with Crippen molar-refractivity contribution < 1.29 is 0 Å². The molecule has 0 aromatic rings.